The summed E-state index contributed by atoms with van der Waals surface area (Å²) in [6.07, 6.45) is 2.08. The summed E-state index contributed by atoms with van der Waals surface area (Å²) in [5, 5.41) is 8.50. The van der Waals surface area contributed by atoms with E-state index < -0.39 is 11.9 Å². The van der Waals surface area contributed by atoms with Crippen LogP contribution in [0.15, 0.2) is 12.4 Å². The van der Waals surface area contributed by atoms with Gasteiger partial charge in [-0.2, -0.15) is 0 Å². The molecule has 0 saturated heterocycles. The normalized spacial score (nSPS) is 9.50. The minimum Gasteiger partial charge on any atom is -0.476 e. The Hall–Kier alpha value is -1.98. The number of nitrogens with zero attached hydrogens (tertiary/aromatic N) is 2. The topological polar surface area (TPSA) is 89.4 Å². The molecular formula is C8H8N2O4. The molecule has 0 unspecified atom stereocenters. The number of rotatable bonds is 3. The van der Waals surface area contributed by atoms with Crippen LogP contribution < -0.4 is 0 Å². The van der Waals surface area contributed by atoms with E-state index in [1.54, 1.807) is 6.92 Å². The largest absolute Gasteiger partial charge is 0.476 e. The molecule has 1 heterocycles. The SMILES string of the molecule is CCOC(=O)c1cnc(C(=O)O)cn1. The summed E-state index contributed by atoms with van der Waals surface area (Å²) in [6.45, 7) is 1.90. The summed E-state index contributed by atoms with van der Waals surface area (Å²) in [7, 11) is 0. The molecule has 0 saturated carbocycles. The molecule has 1 aromatic rings. The van der Waals surface area contributed by atoms with Gasteiger partial charge in [0.2, 0.25) is 0 Å². The maximum atomic E-state index is 11.1. The third kappa shape index (κ3) is 2.25. The maximum Gasteiger partial charge on any atom is 0.358 e. The third-order valence-electron chi connectivity index (χ3n) is 1.36. The van der Waals surface area contributed by atoms with E-state index in [1.165, 1.54) is 0 Å². The first kappa shape index (κ1) is 10.1. The number of hydrogen-bond acceptors (Lipinski definition) is 5. The zero-order chi connectivity index (χ0) is 10.6. The molecule has 0 atom stereocenters. The van der Waals surface area contributed by atoms with Gasteiger partial charge >= 0.3 is 11.9 Å². The van der Waals surface area contributed by atoms with Gasteiger partial charge in [-0.05, 0) is 6.92 Å². The average molecular weight is 196 g/mol. The molecule has 1 aromatic heterocycles. The quantitative estimate of drug-likeness (QED) is 0.701. The molecule has 0 aliphatic carbocycles. The number of ether oxygens (including phenoxy) is 1. The van der Waals surface area contributed by atoms with Crippen molar-refractivity contribution in [3.05, 3.63) is 23.8 Å². The standard InChI is InChI=1S/C8H8N2O4/c1-2-14-8(13)6-4-9-5(3-10-6)7(11)12/h3-4H,2H2,1H3,(H,11,12). The van der Waals surface area contributed by atoms with E-state index in [0.717, 1.165) is 12.4 Å². The van der Waals surface area contributed by atoms with Gasteiger partial charge in [0.1, 0.15) is 0 Å². The van der Waals surface area contributed by atoms with E-state index in [0.29, 0.717) is 0 Å². The molecule has 0 aliphatic rings. The van der Waals surface area contributed by atoms with Crippen molar-refractivity contribution < 1.29 is 19.4 Å². The third-order valence-corrected chi connectivity index (χ3v) is 1.36. The van der Waals surface area contributed by atoms with Gasteiger partial charge in [0.05, 0.1) is 19.0 Å². The molecule has 0 spiro atoms. The molecule has 0 fully saturated rings. The van der Waals surface area contributed by atoms with Crippen molar-refractivity contribution >= 4 is 11.9 Å². The van der Waals surface area contributed by atoms with Gasteiger partial charge in [-0.25, -0.2) is 19.6 Å². The van der Waals surface area contributed by atoms with Crippen LogP contribution in [0.3, 0.4) is 0 Å². The highest BCUT2D eigenvalue weighted by molar-refractivity contribution is 5.88. The van der Waals surface area contributed by atoms with E-state index in [1.807, 2.05) is 0 Å². The molecule has 1 rings (SSSR count). The highest BCUT2D eigenvalue weighted by Crippen LogP contribution is 1.97. The Morgan fingerprint density at radius 1 is 1.36 bits per heavy atom. The Labute approximate surface area is 79.6 Å². The summed E-state index contributed by atoms with van der Waals surface area (Å²) >= 11 is 0. The minimum absolute atomic E-state index is 0.00292. The highest BCUT2D eigenvalue weighted by Gasteiger charge is 2.10. The number of carbonyl (C=O) groups excluding carboxylic acids is 1. The molecule has 0 amide bonds. The molecule has 0 aliphatic heterocycles. The Morgan fingerprint density at radius 3 is 2.36 bits per heavy atom. The molecule has 1 N–H and O–H groups in total. The van der Waals surface area contributed by atoms with Crippen LogP contribution >= 0.6 is 0 Å². The Bertz CT molecular complexity index is 347. The van der Waals surface area contributed by atoms with Gasteiger partial charge in [-0.15, -0.1) is 0 Å². The van der Waals surface area contributed by atoms with Gasteiger partial charge in [0.15, 0.2) is 11.4 Å². The lowest BCUT2D eigenvalue weighted by molar-refractivity contribution is 0.0517. The average Bonchev–Trinajstić information content (AvgIpc) is 2.18. The van der Waals surface area contributed by atoms with E-state index in [4.69, 9.17) is 5.11 Å². The van der Waals surface area contributed by atoms with Gasteiger partial charge in [-0.3, -0.25) is 0 Å². The summed E-state index contributed by atoms with van der Waals surface area (Å²) in [4.78, 5) is 28.6. The first-order chi connectivity index (χ1) is 6.65. The summed E-state index contributed by atoms with van der Waals surface area (Å²) in [5.41, 5.74) is -0.213. The predicted octanol–water partition coefficient (Wildman–Crippen LogP) is 0.352. The first-order valence-corrected chi connectivity index (χ1v) is 3.87. The number of esters is 1. The molecule has 14 heavy (non-hydrogen) atoms. The predicted molar refractivity (Wildman–Crippen MR) is 44.9 cm³/mol. The highest BCUT2D eigenvalue weighted by atomic mass is 16.5. The van der Waals surface area contributed by atoms with Crippen molar-refractivity contribution in [3.63, 3.8) is 0 Å². The molecule has 0 aromatic carbocycles. The number of carbonyl (C=O) groups is 2. The van der Waals surface area contributed by atoms with E-state index in [9.17, 15) is 9.59 Å². The Balaban J connectivity index is 2.83. The van der Waals surface area contributed by atoms with Crippen LogP contribution in [0.1, 0.15) is 27.9 Å². The number of carboxylic acid groups (broad SMARTS) is 1. The van der Waals surface area contributed by atoms with E-state index >= 15 is 0 Å². The van der Waals surface area contributed by atoms with Crippen LogP contribution in [0.2, 0.25) is 0 Å². The number of carboxylic acids is 1. The van der Waals surface area contributed by atoms with Crippen LogP contribution in [-0.4, -0.2) is 33.6 Å². The van der Waals surface area contributed by atoms with E-state index in [2.05, 4.69) is 14.7 Å². The molecule has 6 nitrogen and oxygen atoms in total. The lowest BCUT2D eigenvalue weighted by Crippen LogP contribution is -2.09. The second-order valence-electron chi connectivity index (χ2n) is 2.31. The monoisotopic (exact) mass is 196 g/mol. The first-order valence-electron chi connectivity index (χ1n) is 3.87. The van der Waals surface area contributed by atoms with Crippen LogP contribution in [0.25, 0.3) is 0 Å². The smallest absolute Gasteiger partial charge is 0.358 e. The fourth-order valence-corrected chi connectivity index (χ4v) is 0.749. The van der Waals surface area contributed by atoms with Crippen molar-refractivity contribution in [1.29, 1.82) is 0 Å². The van der Waals surface area contributed by atoms with Gasteiger partial charge in [-0.1, -0.05) is 0 Å². The van der Waals surface area contributed by atoms with E-state index in [-0.39, 0.29) is 18.0 Å². The molecule has 74 valence electrons. The number of aromatic nitrogens is 2. The van der Waals surface area contributed by atoms with Crippen molar-refractivity contribution in [2.75, 3.05) is 6.61 Å². The van der Waals surface area contributed by atoms with Crippen molar-refractivity contribution in [2.24, 2.45) is 0 Å². The number of aromatic carboxylic acids is 1. The van der Waals surface area contributed by atoms with Gasteiger partial charge in [0.25, 0.3) is 0 Å². The van der Waals surface area contributed by atoms with Gasteiger partial charge in [0, 0.05) is 0 Å². The fourth-order valence-electron chi connectivity index (χ4n) is 0.749. The van der Waals surface area contributed by atoms with Crippen molar-refractivity contribution in [2.45, 2.75) is 6.92 Å². The van der Waals surface area contributed by atoms with Crippen LogP contribution in [-0.2, 0) is 4.74 Å². The summed E-state index contributed by atoms with van der Waals surface area (Å²) in [5.74, 6) is -1.80. The fraction of sp³-hybridized carbons (Fsp3) is 0.250. The molecule has 6 heteroatoms. The lowest BCUT2D eigenvalue weighted by atomic mass is 10.4. The summed E-state index contributed by atoms with van der Waals surface area (Å²) < 4.78 is 4.64. The van der Waals surface area contributed by atoms with Crippen LogP contribution in [0.5, 0.6) is 0 Å². The Kier molecular flexibility index (Phi) is 3.11. The second kappa shape index (κ2) is 4.31. The second-order valence-corrected chi connectivity index (χ2v) is 2.31. The zero-order valence-corrected chi connectivity index (χ0v) is 7.43. The lowest BCUT2D eigenvalue weighted by Gasteiger charge is -1.99. The maximum absolute atomic E-state index is 11.1. The zero-order valence-electron chi connectivity index (χ0n) is 7.43. The minimum atomic E-state index is -1.19. The molecular weight excluding hydrogens is 188 g/mol. The Morgan fingerprint density at radius 2 is 1.93 bits per heavy atom. The van der Waals surface area contributed by atoms with Crippen LogP contribution in [0, 0.1) is 0 Å². The van der Waals surface area contributed by atoms with Crippen molar-refractivity contribution in [1.82, 2.24) is 9.97 Å². The van der Waals surface area contributed by atoms with Crippen LogP contribution in [0.4, 0.5) is 0 Å². The molecule has 0 bridgehead atoms. The summed E-state index contributed by atoms with van der Waals surface area (Å²) in [6, 6.07) is 0. The molecule has 0 radical (unpaired) electrons. The van der Waals surface area contributed by atoms with Gasteiger partial charge < -0.3 is 9.84 Å². The van der Waals surface area contributed by atoms with Crippen molar-refractivity contribution in [3.8, 4) is 0 Å². The number of hydrogen-bond donors (Lipinski definition) is 1.